The number of anilines is 2. The number of ether oxygens (including phenoxy) is 1. The smallest absolute Gasteiger partial charge is 0.387 e. The van der Waals surface area contributed by atoms with Crippen LogP contribution in [-0.4, -0.2) is 36.5 Å². The summed E-state index contributed by atoms with van der Waals surface area (Å²) in [6, 6.07) is 14.8. The van der Waals surface area contributed by atoms with Crippen LogP contribution in [0.5, 0.6) is 5.75 Å². The van der Waals surface area contributed by atoms with Crippen molar-refractivity contribution in [3.63, 3.8) is 0 Å². The fourth-order valence-electron chi connectivity index (χ4n) is 3.10. The largest absolute Gasteiger partial charge is 0.433 e. The zero-order valence-corrected chi connectivity index (χ0v) is 15.1. The average molecular weight is 389 g/mol. The number of carbonyl (C=O) groups excluding carboxylic acids is 2. The third-order valence-corrected chi connectivity index (χ3v) is 4.47. The summed E-state index contributed by atoms with van der Waals surface area (Å²) in [6.45, 7) is -2.18. The molecule has 2 aromatic rings. The van der Waals surface area contributed by atoms with Gasteiger partial charge in [-0.3, -0.25) is 4.79 Å². The van der Waals surface area contributed by atoms with E-state index in [9.17, 15) is 18.4 Å². The van der Waals surface area contributed by atoms with E-state index in [0.717, 1.165) is 0 Å². The summed E-state index contributed by atoms with van der Waals surface area (Å²) < 4.78 is 29.5. The van der Waals surface area contributed by atoms with Crippen LogP contribution in [0.15, 0.2) is 54.6 Å². The van der Waals surface area contributed by atoms with Crippen molar-refractivity contribution in [2.24, 2.45) is 5.92 Å². The molecule has 0 spiro atoms. The summed E-state index contributed by atoms with van der Waals surface area (Å²) in [4.78, 5) is 26.7. The van der Waals surface area contributed by atoms with E-state index >= 15 is 0 Å². The molecule has 0 aliphatic carbocycles. The first-order valence-electron chi connectivity index (χ1n) is 8.98. The van der Waals surface area contributed by atoms with Gasteiger partial charge in [-0.2, -0.15) is 8.78 Å². The first kappa shape index (κ1) is 19.6. The molecule has 2 N–H and O–H groups in total. The molecule has 3 amide bonds. The summed E-state index contributed by atoms with van der Waals surface area (Å²) in [5.74, 6) is -0.863. The van der Waals surface area contributed by atoms with Crippen LogP contribution in [-0.2, 0) is 4.79 Å². The van der Waals surface area contributed by atoms with Crippen LogP contribution < -0.4 is 15.4 Å². The lowest BCUT2D eigenvalue weighted by Gasteiger charge is -2.32. The topological polar surface area (TPSA) is 70.7 Å². The van der Waals surface area contributed by atoms with E-state index in [4.69, 9.17) is 0 Å². The number of nitrogens with one attached hydrogen (secondary N) is 2. The van der Waals surface area contributed by atoms with Gasteiger partial charge < -0.3 is 20.3 Å². The molecule has 1 heterocycles. The fraction of sp³-hybridized carbons (Fsp3) is 0.300. The molecule has 3 rings (SSSR count). The number of rotatable bonds is 5. The Labute approximate surface area is 161 Å². The second-order valence-corrected chi connectivity index (χ2v) is 6.45. The summed E-state index contributed by atoms with van der Waals surface area (Å²) >= 11 is 0. The van der Waals surface area contributed by atoms with Crippen molar-refractivity contribution in [3.05, 3.63) is 54.6 Å². The van der Waals surface area contributed by atoms with E-state index < -0.39 is 12.5 Å². The molecule has 1 atom stereocenters. The molecule has 0 aromatic heterocycles. The van der Waals surface area contributed by atoms with Crippen molar-refractivity contribution in [2.45, 2.75) is 19.5 Å². The van der Waals surface area contributed by atoms with Gasteiger partial charge in [-0.1, -0.05) is 30.3 Å². The van der Waals surface area contributed by atoms with Gasteiger partial charge in [0.25, 0.3) is 0 Å². The first-order valence-corrected chi connectivity index (χ1v) is 8.98. The van der Waals surface area contributed by atoms with Crippen LogP contribution in [0.1, 0.15) is 12.8 Å². The number of alkyl halides is 2. The van der Waals surface area contributed by atoms with Gasteiger partial charge in [0, 0.05) is 18.8 Å². The predicted octanol–water partition coefficient (Wildman–Crippen LogP) is 4.17. The Morgan fingerprint density at radius 2 is 1.75 bits per heavy atom. The lowest BCUT2D eigenvalue weighted by molar-refractivity contribution is -0.121. The number of piperidine rings is 1. The Balaban J connectivity index is 1.61. The molecule has 1 aliphatic heterocycles. The number of likely N-dealkylation sites (tertiary alicyclic amines) is 1. The van der Waals surface area contributed by atoms with Crippen LogP contribution in [0.4, 0.5) is 25.0 Å². The minimum atomic E-state index is -2.98. The van der Waals surface area contributed by atoms with Crippen molar-refractivity contribution >= 4 is 23.3 Å². The molecule has 2 aromatic carbocycles. The Hall–Kier alpha value is -3.16. The van der Waals surface area contributed by atoms with Crippen LogP contribution in [0.3, 0.4) is 0 Å². The van der Waals surface area contributed by atoms with E-state index in [1.807, 2.05) is 18.2 Å². The van der Waals surface area contributed by atoms with Crippen LogP contribution in [0.2, 0.25) is 0 Å². The maximum Gasteiger partial charge on any atom is 0.387 e. The molecule has 8 heteroatoms. The number of carbonyl (C=O) groups is 2. The van der Waals surface area contributed by atoms with Gasteiger partial charge in [-0.15, -0.1) is 0 Å². The number of urea groups is 1. The highest BCUT2D eigenvalue weighted by molar-refractivity contribution is 5.95. The highest BCUT2D eigenvalue weighted by Gasteiger charge is 2.29. The minimum absolute atomic E-state index is 0.0969. The van der Waals surface area contributed by atoms with Crippen molar-refractivity contribution < 1.29 is 23.1 Å². The Kier molecular flexibility index (Phi) is 6.41. The van der Waals surface area contributed by atoms with Gasteiger partial charge in [-0.05, 0) is 37.1 Å². The van der Waals surface area contributed by atoms with Gasteiger partial charge >= 0.3 is 12.6 Å². The SMILES string of the molecule is O=C(Nc1ccccc1OC(F)F)C1CCCN(C(=O)Nc2ccccc2)C1. The normalized spacial score (nSPS) is 16.5. The third kappa shape index (κ3) is 5.18. The van der Waals surface area contributed by atoms with Gasteiger partial charge in [-0.25, -0.2) is 4.79 Å². The van der Waals surface area contributed by atoms with Crippen molar-refractivity contribution in [1.82, 2.24) is 4.90 Å². The van der Waals surface area contributed by atoms with Gasteiger partial charge in [0.15, 0.2) is 0 Å². The van der Waals surface area contributed by atoms with Gasteiger partial charge in [0.05, 0.1) is 11.6 Å². The second kappa shape index (κ2) is 9.16. The highest BCUT2D eigenvalue weighted by atomic mass is 19.3. The molecule has 6 nitrogen and oxygen atoms in total. The number of nitrogens with zero attached hydrogens (tertiary/aromatic N) is 1. The van der Waals surface area contributed by atoms with Crippen molar-refractivity contribution in [1.29, 1.82) is 0 Å². The minimum Gasteiger partial charge on any atom is -0.433 e. The molecule has 0 radical (unpaired) electrons. The molecular weight excluding hydrogens is 368 g/mol. The molecule has 1 aliphatic rings. The van der Waals surface area contributed by atoms with E-state index in [1.165, 1.54) is 12.1 Å². The summed E-state index contributed by atoms with van der Waals surface area (Å²) in [5.41, 5.74) is 0.857. The quantitative estimate of drug-likeness (QED) is 0.806. The molecule has 148 valence electrons. The molecule has 1 fully saturated rings. The second-order valence-electron chi connectivity index (χ2n) is 6.45. The highest BCUT2D eigenvalue weighted by Crippen LogP contribution is 2.27. The van der Waals surface area contributed by atoms with E-state index in [-0.39, 0.29) is 29.9 Å². The van der Waals surface area contributed by atoms with E-state index in [1.54, 1.807) is 29.2 Å². The van der Waals surface area contributed by atoms with Crippen molar-refractivity contribution in [3.8, 4) is 5.75 Å². The Bertz CT molecular complexity index is 817. The van der Waals surface area contributed by atoms with Gasteiger partial charge in [0.2, 0.25) is 5.91 Å². The number of halogens is 2. The van der Waals surface area contributed by atoms with Crippen LogP contribution in [0.25, 0.3) is 0 Å². The maximum absolute atomic E-state index is 12.6. The average Bonchev–Trinajstić information content (AvgIpc) is 2.70. The predicted molar refractivity (Wildman–Crippen MR) is 101 cm³/mol. The van der Waals surface area contributed by atoms with Crippen molar-refractivity contribution in [2.75, 3.05) is 23.7 Å². The number of para-hydroxylation sites is 3. The lowest BCUT2D eigenvalue weighted by atomic mass is 9.97. The lowest BCUT2D eigenvalue weighted by Crippen LogP contribution is -2.45. The molecule has 1 unspecified atom stereocenters. The zero-order valence-electron chi connectivity index (χ0n) is 15.1. The number of benzene rings is 2. The Morgan fingerprint density at radius 1 is 1.04 bits per heavy atom. The maximum atomic E-state index is 12.6. The third-order valence-electron chi connectivity index (χ3n) is 4.47. The number of amides is 3. The molecular formula is C20H21F2N3O3. The Morgan fingerprint density at radius 3 is 2.50 bits per heavy atom. The summed E-state index contributed by atoms with van der Waals surface area (Å²) in [7, 11) is 0. The van der Waals surface area contributed by atoms with Gasteiger partial charge in [0.1, 0.15) is 5.75 Å². The van der Waals surface area contributed by atoms with Crippen LogP contribution in [0, 0.1) is 5.92 Å². The standard InChI is InChI=1S/C20H21F2N3O3/c21-19(22)28-17-11-5-4-10-16(17)24-18(26)14-7-6-12-25(13-14)20(27)23-15-8-2-1-3-9-15/h1-5,8-11,14,19H,6-7,12-13H2,(H,23,27)(H,24,26). The van der Waals surface area contributed by atoms with E-state index in [2.05, 4.69) is 15.4 Å². The first-order chi connectivity index (χ1) is 13.5. The summed E-state index contributed by atoms with van der Waals surface area (Å²) in [6.07, 6.45) is 1.29. The number of hydrogen-bond donors (Lipinski definition) is 2. The monoisotopic (exact) mass is 389 g/mol. The number of hydrogen-bond acceptors (Lipinski definition) is 3. The molecule has 0 saturated carbocycles. The molecule has 1 saturated heterocycles. The van der Waals surface area contributed by atoms with E-state index in [0.29, 0.717) is 25.1 Å². The molecule has 28 heavy (non-hydrogen) atoms. The summed E-state index contributed by atoms with van der Waals surface area (Å²) in [5, 5.41) is 5.44. The molecule has 0 bridgehead atoms. The fourth-order valence-corrected chi connectivity index (χ4v) is 3.10. The zero-order chi connectivity index (χ0) is 19.9. The van der Waals surface area contributed by atoms with Crippen LogP contribution >= 0.6 is 0 Å².